The van der Waals surface area contributed by atoms with Crippen LogP contribution in [0.25, 0.3) is 0 Å². The minimum absolute atomic E-state index is 0.00529. The van der Waals surface area contributed by atoms with E-state index in [0.29, 0.717) is 0 Å². The van der Waals surface area contributed by atoms with Gasteiger partial charge in [0, 0.05) is 32.6 Å². The predicted octanol–water partition coefficient (Wildman–Crippen LogP) is -0.234. The highest BCUT2D eigenvalue weighted by atomic mass is 16.4. The minimum Gasteiger partial charge on any atom is -0.481 e. The number of aliphatic carboxylic acids is 1. The van der Waals surface area contributed by atoms with Crippen LogP contribution in [0.15, 0.2) is 0 Å². The third-order valence-corrected chi connectivity index (χ3v) is 2.97. The fraction of sp³-hybridized carbons (Fsp3) is 0.818. The molecule has 1 fully saturated rings. The summed E-state index contributed by atoms with van der Waals surface area (Å²) in [5.41, 5.74) is 1.74. The number of carboxylic acid groups (broad SMARTS) is 1. The number of carbonyl (C=O) groups is 2. The van der Waals surface area contributed by atoms with Crippen molar-refractivity contribution in [2.45, 2.75) is 20.3 Å². The third kappa shape index (κ3) is 4.32. The van der Waals surface area contributed by atoms with E-state index in [2.05, 4.69) is 10.3 Å². The summed E-state index contributed by atoms with van der Waals surface area (Å²) >= 11 is 0. The van der Waals surface area contributed by atoms with E-state index in [4.69, 9.17) is 5.11 Å². The first-order chi connectivity index (χ1) is 7.81. The Morgan fingerprint density at radius 1 is 1.24 bits per heavy atom. The zero-order valence-electron chi connectivity index (χ0n) is 10.7. The van der Waals surface area contributed by atoms with Crippen LogP contribution in [0.1, 0.15) is 20.3 Å². The molecule has 0 radical (unpaired) electrons. The Bertz CT molecular complexity index is 296. The molecule has 1 amide bonds. The molecule has 0 aromatic rings. The normalized spacial score (nSPS) is 19.0. The number of likely N-dealkylation sites (N-methyl/N-ethyl adjacent to an activating group) is 1. The van der Waals surface area contributed by atoms with Crippen molar-refractivity contribution in [3.05, 3.63) is 0 Å². The van der Waals surface area contributed by atoms with Crippen LogP contribution in [0, 0.1) is 5.41 Å². The summed E-state index contributed by atoms with van der Waals surface area (Å²) in [4.78, 5) is 24.8. The van der Waals surface area contributed by atoms with Gasteiger partial charge in [0.1, 0.15) is 0 Å². The number of hydrazine groups is 1. The van der Waals surface area contributed by atoms with Crippen LogP contribution < -0.4 is 5.43 Å². The SMILES string of the molecule is CN1CCN(NC(=O)CC(C)(C)C(=O)O)CC1. The summed E-state index contributed by atoms with van der Waals surface area (Å²) in [5, 5.41) is 10.8. The van der Waals surface area contributed by atoms with Crippen LogP contribution in [-0.2, 0) is 9.59 Å². The monoisotopic (exact) mass is 243 g/mol. The van der Waals surface area contributed by atoms with Gasteiger partial charge in [-0.2, -0.15) is 0 Å². The maximum Gasteiger partial charge on any atom is 0.309 e. The molecule has 1 heterocycles. The zero-order valence-corrected chi connectivity index (χ0v) is 10.7. The van der Waals surface area contributed by atoms with Crippen LogP contribution >= 0.6 is 0 Å². The van der Waals surface area contributed by atoms with Crippen LogP contribution in [0.5, 0.6) is 0 Å². The average Bonchev–Trinajstić information content (AvgIpc) is 2.20. The van der Waals surface area contributed by atoms with Crippen molar-refractivity contribution in [1.82, 2.24) is 15.3 Å². The Morgan fingerprint density at radius 2 is 1.76 bits per heavy atom. The molecule has 6 nitrogen and oxygen atoms in total. The molecule has 6 heteroatoms. The number of hydrogen-bond acceptors (Lipinski definition) is 4. The first kappa shape index (κ1) is 13.9. The Morgan fingerprint density at radius 3 is 2.24 bits per heavy atom. The van der Waals surface area contributed by atoms with Crippen LogP contribution in [-0.4, -0.2) is 60.1 Å². The Kier molecular flexibility index (Phi) is 4.47. The lowest BCUT2D eigenvalue weighted by atomic mass is 9.89. The van der Waals surface area contributed by atoms with Gasteiger partial charge < -0.3 is 10.0 Å². The van der Waals surface area contributed by atoms with Crippen molar-refractivity contribution in [1.29, 1.82) is 0 Å². The third-order valence-electron chi connectivity index (χ3n) is 2.97. The topological polar surface area (TPSA) is 72.9 Å². The molecule has 1 saturated heterocycles. The average molecular weight is 243 g/mol. The first-order valence-electron chi connectivity index (χ1n) is 5.77. The van der Waals surface area contributed by atoms with Gasteiger partial charge in [-0.15, -0.1) is 0 Å². The van der Waals surface area contributed by atoms with Gasteiger partial charge in [0.15, 0.2) is 0 Å². The summed E-state index contributed by atoms with van der Waals surface area (Å²) in [6.07, 6.45) is -0.00529. The van der Waals surface area contributed by atoms with Gasteiger partial charge in [-0.25, -0.2) is 5.01 Å². The Labute approximate surface area is 102 Å². The number of hydrogen-bond donors (Lipinski definition) is 2. The van der Waals surface area contributed by atoms with E-state index < -0.39 is 11.4 Å². The van der Waals surface area contributed by atoms with Crippen molar-refractivity contribution in [2.75, 3.05) is 33.2 Å². The minimum atomic E-state index is -1.02. The lowest BCUT2D eigenvalue weighted by Crippen LogP contribution is -2.53. The first-order valence-corrected chi connectivity index (χ1v) is 5.77. The quantitative estimate of drug-likeness (QED) is 0.713. The van der Waals surface area contributed by atoms with E-state index >= 15 is 0 Å². The smallest absolute Gasteiger partial charge is 0.309 e. The van der Waals surface area contributed by atoms with E-state index in [1.807, 2.05) is 12.1 Å². The van der Waals surface area contributed by atoms with Gasteiger partial charge in [-0.05, 0) is 20.9 Å². The van der Waals surface area contributed by atoms with Gasteiger partial charge in [-0.1, -0.05) is 0 Å². The number of carbonyl (C=O) groups excluding carboxylic acids is 1. The van der Waals surface area contributed by atoms with Gasteiger partial charge in [0.25, 0.3) is 0 Å². The van der Waals surface area contributed by atoms with Gasteiger partial charge in [0.05, 0.1) is 5.41 Å². The highest BCUT2D eigenvalue weighted by molar-refractivity contribution is 5.84. The fourth-order valence-corrected chi connectivity index (χ4v) is 1.61. The molecule has 0 saturated carbocycles. The van der Waals surface area contributed by atoms with Crippen molar-refractivity contribution in [2.24, 2.45) is 5.41 Å². The van der Waals surface area contributed by atoms with E-state index in [1.54, 1.807) is 13.8 Å². The number of amides is 1. The molecule has 17 heavy (non-hydrogen) atoms. The molecule has 1 rings (SSSR count). The van der Waals surface area contributed by atoms with Gasteiger partial charge in [-0.3, -0.25) is 15.0 Å². The summed E-state index contributed by atoms with van der Waals surface area (Å²) < 4.78 is 0. The molecule has 1 aliphatic heterocycles. The van der Waals surface area contributed by atoms with Crippen LogP contribution in [0.2, 0.25) is 0 Å². The van der Waals surface area contributed by atoms with Crippen LogP contribution in [0.3, 0.4) is 0 Å². The Hall–Kier alpha value is -1.14. The van der Waals surface area contributed by atoms with E-state index in [1.165, 1.54) is 0 Å². The van der Waals surface area contributed by atoms with Crippen molar-refractivity contribution >= 4 is 11.9 Å². The summed E-state index contributed by atoms with van der Waals surface area (Å²) in [5.74, 6) is -1.19. The van der Waals surface area contributed by atoms with Gasteiger partial charge >= 0.3 is 5.97 Å². The van der Waals surface area contributed by atoms with Crippen molar-refractivity contribution in [3.8, 4) is 0 Å². The molecule has 2 N–H and O–H groups in total. The molecule has 0 unspecified atom stereocenters. The molecule has 0 spiro atoms. The zero-order chi connectivity index (χ0) is 13.1. The summed E-state index contributed by atoms with van der Waals surface area (Å²) in [6, 6.07) is 0. The Balaban J connectivity index is 2.37. The van der Waals surface area contributed by atoms with Crippen molar-refractivity contribution < 1.29 is 14.7 Å². The predicted molar refractivity (Wildman–Crippen MR) is 63.2 cm³/mol. The molecule has 0 aromatic heterocycles. The summed E-state index contributed by atoms with van der Waals surface area (Å²) in [6.45, 7) is 6.47. The van der Waals surface area contributed by atoms with Crippen molar-refractivity contribution in [3.63, 3.8) is 0 Å². The number of piperazine rings is 1. The lowest BCUT2D eigenvalue weighted by molar-refractivity contribution is -0.150. The highest BCUT2D eigenvalue weighted by Gasteiger charge is 2.30. The largest absolute Gasteiger partial charge is 0.481 e. The highest BCUT2D eigenvalue weighted by Crippen LogP contribution is 2.20. The maximum absolute atomic E-state index is 11.7. The molecular formula is C11H21N3O3. The van der Waals surface area contributed by atoms with E-state index in [9.17, 15) is 9.59 Å². The molecule has 0 aromatic carbocycles. The van der Waals surface area contributed by atoms with E-state index in [0.717, 1.165) is 26.2 Å². The molecular weight excluding hydrogens is 222 g/mol. The molecule has 98 valence electrons. The van der Waals surface area contributed by atoms with E-state index in [-0.39, 0.29) is 12.3 Å². The van der Waals surface area contributed by atoms with Gasteiger partial charge in [0.2, 0.25) is 5.91 Å². The second-order valence-corrected chi connectivity index (χ2v) is 5.19. The fourth-order valence-electron chi connectivity index (χ4n) is 1.61. The molecule has 0 bridgehead atoms. The second-order valence-electron chi connectivity index (χ2n) is 5.19. The molecule has 0 atom stereocenters. The molecule has 0 aliphatic carbocycles. The second kappa shape index (κ2) is 5.46. The molecule has 1 aliphatic rings. The number of nitrogens with zero attached hydrogens (tertiary/aromatic N) is 2. The maximum atomic E-state index is 11.7. The number of nitrogens with one attached hydrogen (secondary N) is 1. The summed E-state index contributed by atoms with van der Waals surface area (Å²) in [7, 11) is 2.03. The standard InChI is InChI=1S/C11H21N3O3/c1-11(2,10(16)17)8-9(15)12-14-6-4-13(3)5-7-14/h4-8H2,1-3H3,(H,12,15)(H,16,17). The number of carboxylic acids is 1. The lowest BCUT2D eigenvalue weighted by Gasteiger charge is -2.33. The van der Waals surface area contributed by atoms with Crippen LogP contribution in [0.4, 0.5) is 0 Å². The number of rotatable bonds is 4.